The van der Waals surface area contributed by atoms with E-state index in [0.29, 0.717) is 43.4 Å². The largest absolute Gasteiger partial charge is 0.448 e. The molecule has 0 aliphatic carbocycles. The molecule has 1 aromatic carbocycles. The average molecular weight is 350 g/mol. The first-order valence-corrected chi connectivity index (χ1v) is 7.90. The lowest BCUT2D eigenvalue weighted by Crippen LogP contribution is -2.30. The van der Waals surface area contributed by atoms with E-state index in [1.54, 1.807) is 17.0 Å². The van der Waals surface area contributed by atoms with Crippen LogP contribution >= 0.6 is 11.6 Å². The predicted octanol–water partition coefficient (Wildman–Crippen LogP) is 1.49. The molecule has 2 aromatic rings. The molecule has 9 heteroatoms. The number of ether oxygens (including phenoxy) is 1. The maximum Gasteiger partial charge on any atom is 0.409 e. The highest BCUT2D eigenvalue weighted by Crippen LogP contribution is 2.18. The molecule has 0 bridgehead atoms. The summed E-state index contributed by atoms with van der Waals surface area (Å²) in [4.78, 5) is 25.0. The van der Waals surface area contributed by atoms with E-state index in [1.165, 1.54) is 10.9 Å². The molecule has 2 heterocycles. The molecular formula is C15H16ClN5O3. The minimum atomic E-state index is -0.322. The lowest BCUT2D eigenvalue weighted by Gasteiger charge is -2.11. The van der Waals surface area contributed by atoms with Gasteiger partial charge in [0, 0.05) is 13.1 Å². The number of aromatic nitrogens is 3. The van der Waals surface area contributed by atoms with Crippen molar-refractivity contribution in [2.75, 3.05) is 26.2 Å². The van der Waals surface area contributed by atoms with Crippen molar-refractivity contribution in [3.05, 3.63) is 41.2 Å². The van der Waals surface area contributed by atoms with Gasteiger partial charge in [0.2, 0.25) is 0 Å². The number of para-hydroxylation sites is 1. The van der Waals surface area contributed by atoms with Crippen LogP contribution < -0.4 is 5.32 Å². The molecule has 0 radical (unpaired) electrons. The Bertz CT molecular complexity index is 748. The summed E-state index contributed by atoms with van der Waals surface area (Å²) in [6.45, 7) is 2.00. The van der Waals surface area contributed by atoms with Gasteiger partial charge >= 0.3 is 6.09 Å². The zero-order chi connectivity index (χ0) is 16.9. The summed E-state index contributed by atoms with van der Waals surface area (Å²) >= 11 is 6.09. The van der Waals surface area contributed by atoms with Gasteiger partial charge in [0.05, 0.1) is 23.5 Å². The van der Waals surface area contributed by atoms with Crippen LogP contribution in [0.3, 0.4) is 0 Å². The Hall–Kier alpha value is -2.61. The maximum absolute atomic E-state index is 12.1. The number of halogens is 1. The molecule has 0 atom stereocenters. The molecule has 1 aromatic heterocycles. The Labute approximate surface area is 143 Å². The monoisotopic (exact) mass is 349 g/mol. The van der Waals surface area contributed by atoms with Gasteiger partial charge < -0.3 is 15.0 Å². The van der Waals surface area contributed by atoms with Crippen LogP contribution in [0, 0.1) is 0 Å². The van der Waals surface area contributed by atoms with E-state index >= 15 is 0 Å². The lowest BCUT2D eigenvalue weighted by molar-refractivity contribution is 0.0947. The molecule has 8 nitrogen and oxygen atoms in total. The van der Waals surface area contributed by atoms with Crippen molar-refractivity contribution in [1.82, 2.24) is 25.2 Å². The highest BCUT2D eigenvalue weighted by Gasteiger charge is 2.21. The minimum absolute atomic E-state index is 0.204. The van der Waals surface area contributed by atoms with E-state index < -0.39 is 0 Å². The van der Waals surface area contributed by atoms with Gasteiger partial charge in [-0.25, -0.2) is 9.48 Å². The van der Waals surface area contributed by atoms with E-state index in [-0.39, 0.29) is 17.7 Å². The highest BCUT2D eigenvalue weighted by molar-refractivity contribution is 6.32. The van der Waals surface area contributed by atoms with Crippen LogP contribution in [0.1, 0.15) is 16.9 Å². The predicted molar refractivity (Wildman–Crippen MR) is 86.2 cm³/mol. The van der Waals surface area contributed by atoms with Crippen LogP contribution in [0.2, 0.25) is 5.02 Å². The lowest BCUT2D eigenvalue weighted by atomic mass is 10.3. The van der Waals surface area contributed by atoms with Gasteiger partial charge in [-0.2, -0.15) is 0 Å². The van der Waals surface area contributed by atoms with Gasteiger partial charge in [-0.1, -0.05) is 28.9 Å². The van der Waals surface area contributed by atoms with Crippen molar-refractivity contribution >= 4 is 23.6 Å². The first kappa shape index (κ1) is 16.3. The van der Waals surface area contributed by atoms with E-state index in [4.69, 9.17) is 16.3 Å². The Balaban J connectivity index is 1.51. The fourth-order valence-electron chi connectivity index (χ4n) is 2.31. The molecule has 1 fully saturated rings. The number of amides is 2. The van der Waals surface area contributed by atoms with E-state index in [0.717, 1.165) is 0 Å². The van der Waals surface area contributed by atoms with Crippen LogP contribution in [0.4, 0.5) is 4.79 Å². The van der Waals surface area contributed by atoms with Gasteiger partial charge in [-0.15, -0.1) is 5.10 Å². The summed E-state index contributed by atoms with van der Waals surface area (Å²) in [6.07, 6.45) is 1.86. The van der Waals surface area contributed by atoms with Crippen molar-refractivity contribution < 1.29 is 14.3 Å². The van der Waals surface area contributed by atoms with Gasteiger partial charge in [0.15, 0.2) is 5.69 Å². The molecule has 1 N–H and O–H groups in total. The number of benzene rings is 1. The zero-order valence-electron chi connectivity index (χ0n) is 12.8. The standard InChI is InChI=1S/C15H16ClN5O3/c16-11-4-1-2-5-13(11)21-10-12(18-19-21)14(22)17-6-3-7-20-8-9-24-15(20)23/h1-2,4-5,10H,3,6-9H2,(H,17,22). The second kappa shape index (κ2) is 7.31. The second-order valence-corrected chi connectivity index (χ2v) is 5.62. The molecule has 1 aliphatic heterocycles. The number of carbonyl (C=O) groups is 2. The first-order chi connectivity index (χ1) is 11.6. The third-order valence-electron chi connectivity index (χ3n) is 3.56. The van der Waals surface area contributed by atoms with Gasteiger partial charge in [0.25, 0.3) is 5.91 Å². The minimum Gasteiger partial charge on any atom is -0.448 e. The van der Waals surface area contributed by atoms with Crippen molar-refractivity contribution in [3.63, 3.8) is 0 Å². The molecule has 2 amide bonds. The van der Waals surface area contributed by atoms with Crippen LogP contribution in [-0.2, 0) is 4.74 Å². The number of cyclic esters (lactones) is 1. The molecule has 1 saturated heterocycles. The zero-order valence-corrected chi connectivity index (χ0v) is 13.6. The molecule has 0 spiro atoms. The van der Waals surface area contributed by atoms with Crippen LogP contribution in [0.25, 0.3) is 5.69 Å². The molecule has 24 heavy (non-hydrogen) atoms. The number of hydrogen-bond acceptors (Lipinski definition) is 5. The smallest absolute Gasteiger partial charge is 0.409 e. The summed E-state index contributed by atoms with van der Waals surface area (Å²) in [6, 6.07) is 7.16. The SMILES string of the molecule is O=C(NCCCN1CCOC1=O)c1cn(-c2ccccc2Cl)nn1. The Morgan fingerprint density at radius 2 is 2.21 bits per heavy atom. The summed E-state index contributed by atoms with van der Waals surface area (Å²) in [5.41, 5.74) is 0.855. The number of nitrogens with one attached hydrogen (secondary N) is 1. The molecule has 0 saturated carbocycles. The van der Waals surface area contributed by atoms with E-state index in [9.17, 15) is 9.59 Å². The fraction of sp³-hybridized carbons (Fsp3) is 0.333. The Kier molecular flexibility index (Phi) is 4.95. The van der Waals surface area contributed by atoms with Crippen molar-refractivity contribution in [2.45, 2.75) is 6.42 Å². The topological polar surface area (TPSA) is 89.4 Å². The number of nitrogens with zero attached hydrogens (tertiary/aromatic N) is 4. The van der Waals surface area contributed by atoms with Gasteiger partial charge in [-0.05, 0) is 18.6 Å². The van der Waals surface area contributed by atoms with Crippen molar-refractivity contribution in [3.8, 4) is 5.69 Å². The maximum atomic E-state index is 12.1. The van der Waals surface area contributed by atoms with Crippen molar-refractivity contribution in [1.29, 1.82) is 0 Å². The van der Waals surface area contributed by atoms with Gasteiger partial charge in [0.1, 0.15) is 6.61 Å². The highest BCUT2D eigenvalue weighted by atomic mass is 35.5. The molecule has 3 rings (SSSR count). The first-order valence-electron chi connectivity index (χ1n) is 7.52. The van der Waals surface area contributed by atoms with Crippen LogP contribution in [0.5, 0.6) is 0 Å². The fourth-order valence-corrected chi connectivity index (χ4v) is 2.54. The number of hydrogen-bond donors (Lipinski definition) is 1. The average Bonchev–Trinajstić information content (AvgIpc) is 3.21. The summed E-state index contributed by atoms with van der Waals surface area (Å²) in [7, 11) is 0. The van der Waals surface area contributed by atoms with E-state index in [1.807, 2.05) is 12.1 Å². The second-order valence-electron chi connectivity index (χ2n) is 5.21. The van der Waals surface area contributed by atoms with Crippen molar-refractivity contribution in [2.24, 2.45) is 0 Å². The van der Waals surface area contributed by atoms with Crippen LogP contribution in [0.15, 0.2) is 30.5 Å². The third-order valence-corrected chi connectivity index (χ3v) is 3.88. The molecule has 126 valence electrons. The summed E-state index contributed by atoms with van der Waals surface area (Å²) < 4.78 is 6.29. The summed E-state index contributed by atoms with van der Waals surface area (Å²) in [5, 5.41) is 11.1. The summed E-state index contributed by atoms with van der Waals surface area (Å²) in [5.74, 6) is -0.322. The molecular weight excluding hydrogens is 334 g/mol. The normalized spacial score (nSPS) is 13.9. The Morgan fingerprint density at radius 1 is 1.38 bits per heavy atom. The third kappa shape index (κ3) is 3.65. The van der Waals surface area contributed by atoms with Gasteiger partial charge in [-0.3, -0.25) is 4.79 Å². The quantitative estimate of drug-likeness (QED) is 0.798. The molecule has 0 unspecified atom stereocenters. The number of carbonyl (C=O) groups excluding carboxylic acids is 2. The number of rotatable bonds is 6. The van der Waals surface area contributed by atoms with E-state index in [2.05, 4.69) is 15.6 Å². The van der Waals surface area contributed by atoms with Crippen LogP contribution in [-0.4, -0.2) is 58.1 Å². The molecule has 1 aliphatic rings. The Morgan fingerprint density at radius 3 is 2.96 bits per heavy atom.